The molecule has 0 aliphatic carbocycles. The second-order valence-corrected chi connectivity index (χ2v) is 5.78. The monoisotopic (exact) mass is 260 g/mol. The largest absolute Gasteiger partial charge is 0.192 e. The van der Waals surface area contributed by atoms with E-state index in [-0.39, 0.29) is 5.41 Å². The molecule has 0 N–H and O–H groups in total. The molecule has 98 valence electrons. The van der Waals surface area contributed by atoms with Crippen LogP contribution in [0, 0.1) is 22.7 Å². The summed E-state index contributed by atoms with van der Waals surface area (Å²) in [6.07, 6.45) is 0. The number of nitrogens with zero attached hydrogens (tertiary/aromatic N) is 2. The van der Waals surface area contributed by atoms with Gasteiger partial charge in [-0.05, 0) is 34.2 Å². The van der Waals surface area contributed by atoms with Gasteiger partial charge in [0.1, 0.15) is 6.07 Å². The molecule has 2 aromatic carbocycles. The Labute approximate surface area is 119 Å². The third-order valence-electron chi connectivity index (χ3n) is 3.31. The van der Waals surface area contributed by atoms with Gasteiger partial charge < -0.3 is 0 Å². The van der Waals surface area contributed by atoms with E-state index in [9.17, 15) is 5.26 Å². The summed E-state index contributed by atoms with van der Waals surface area (Å²) in [6, 6.07) is 17.7. The number of nitriles is 2. The fraction of sp³-hybridized carbons (Fsp3) is 0.222. The Morgan fingerprint density at radius 2 is 1.50 bits per heavy atom. The van der Waals surface area contributed by atoms with Crippen LogP contribution in [0.1, 0.15) is 37.5 Å². The Morgan fingerprint density at radius 1 is 0.850 bits per heavy atom. The van der Waals surface area contributed by atoms with E-state index in [1.807, 2.05) is 30.3 Å². The number of hydrogen-bond acceptors (Lipinski definition) is 2. The third kappa shape index (κ3) is 2.56. The highest BCUT2D eigenvalue weighted by Gasteiger charge is 2.20. The SMILES string of the molecule is CC(C)(C)c1cccc(-c2ccc(C#N)cc2)c1C#N. The zero-order valence-electron chi connectivity index (χ0n) is 11.9. The van der Waals surface area contributed by atoms with E-state index >= 15 is 0 Å². The fourth-order valence-corrected chi connectivity index (χ4v) is 2.26. The predicted octanol–water partition coefficient (Wildman–Crippen LogP) is 4.39. The molecule has 0 bridgehead atoms. The van der Waals surface area contributed by atoms with Gasteiger partial charge in [0, 0.05) is 0 Å². The Kier molecular flexibility index (Phi) is 3.59. The highest BCUT2D eigenvalue weighted by molar-refractivity contribution is 5.73. The summed E-state index contributed by atoms with van der Waals surface area (Å²) in [5, 5.41) is 18.4. The molecule has 2 nitrogen and oxygen atoms in total. The number of hydrogen-bond donors (Lipinski definition) is 0. The van der Waals surface area contributed by atoms with Crippen molar-refractivity contribution < 1.29 is 0 Å². The van der Waals surface area contributed by atoms with E-state index in [0.29, 0.717) is 11.1 Å². The van der Waals surface area contributed by atoms with Crippen molar-refractivity contribution in [1.29, 1.82) is 10.5 Å². The van der Waals surface area contributed by atoms with E-state index in [2.05, 4.69) is 32.9 Å². The van der Waals surface area contributed by atoms with E-state index in [0.717, 1.165) is 16.7 Å². The highest BCUT2D eigenvalue weighted by Crippen LogP contribution is 2.32. The molecule has 2 heteroatoms. The van der Waals surface area contributed by atoms with E-state index in [1.54, 1.807) is 12.1 Å². The predicted molar refractivity (Wildman–Crippen MR) is 80.0 cm³/mol. The standard InChI is InChI=1S/C18H16N2/c1-18(2,3)17-6-4-5-15(16(17)12-20)14-9-7-13(11-19)8-10-14/h4-10H,1-3H3. The van der Waals surface area contributed by atoms with Crippen molar-refractivity contribution in [3.8, 4) is 23.3 Å². The topological polar surface area (TPSA) is 47.6 Å². The average molecular weight is 260 g/mol. The molecule has 0 unspecified atom stereocenters. The Balaban J connectivity index is 2.63. The van der Waals surface area contributed by atoms with Crippen LogP contribution in [-0.4, -0.2) is 0 Å². The van der Waals surface area contributed by atoms with Gasteiger partial charge >= 0.3 is 0 Å². The molecule has 0 amide bonds. The van der Waals surface area contributed by atoms with Gasteiger partial charge in [0.2, 0.25) is 0 Å². The molecule has 0 aliphatic heterocycles. The van der Waals surface area contributed by atoms with Crippen molar-refractivity contribution in [1.82, 2.24) is 0 Å². The van der Waals surface area contributed by atoms with Crippen molar-refractivity contribution in [2.75, 3.05) is 0 Å². The lowest BCUT2D eigenvalue weighted by atomic mass is 9.81. The van der Waals surface area contributed by atoms with Crippen LogP contribution in [0.25, 0.3) is 11.1 Å². The molecule has 0 heterocycles. The second kappa shape index (κ2) is 5.19. The highest BCUT2D eigenvalue weighted by atomic mass is 14.3. The number of benzene rings is 2. The number of rotatable bonds is 1. The van der Waals surface area contributed by atoms with Gasteiger partial charge in [0.05, 0.1) is 17.2 Å². The molecular formula is C18H16N2. The molecule has 0 aromatic heterocycles. The summed E-state index contributed by atoms with van der Waals surface area (Å²) >= 11 is 0. The first-order valence-corrected chi connectivity index (χ1v) is 6.51. The smallest absolute Gasteiger partial charge is 0.100 e. The lowest BCUT2D eigenvalue weighted by molar-refractivity contribution is 0.589. The molecule has 20 heavy (non-hydrogen) atoms. The normalized spacial score (nSPS) is 10.7. The molecule has 0 atom stereocenters. The van der Waals surface area contributed by atoms with Crippen molar-refractivity contribution in [2.24, 2.45) is 0 Å². The van der Waals surface area contributed by atoms with Crippen LogP contribution >= 0.6 is 0 Å². The van der Waals surface area contributed by atoms with E-state index in [1.165, 1.54) is 0 Å². The molecular weight excluding hydrogens is 244 g/mol. The average Bonchev–Trinajstić information content (AvgIpc) is 2.45. The summed E-state index contributed by atoms with van der Waals surface area (Å²) in [6.45, 7) is 6.31. The lowest BCUT2D eigenvalue weighted by Gasteiger charge is -2.22. The van der Waals surface area contributed by atoms with Gasteiger partial charge in [-0.2, -0.15) is 10.5 Å². The molecule has 0 spiro atoms. The van der Waals surface area contributed by atoms with Crippen LogP contribution in [-0.2, 0) is 5.41 Å². The van der Waals surface area contributed by atoms with Crippen molar-refractivity contribution in [3.05, 3.63) is 59.2 Å². The zero-order chi connectivity index (χ0) is 14.8. The minimum Gasteiger partial charge on any atom is -0.192 e. The molecule has 0 fully saturated rings. The summed E-state index contributed by atoms with van der Waals surface area (Å²) in [5.74, 6) is 0. The quantitative estimate of drug-likeness (QED) is 0.763. The molecule has 0 aliphatic rings. The van der Waals surface area contributed by atoms with Crippen LogP contribution in [0.5, 0.6) is 0 Å². The van der Waals surface area contributed by atoms with Gasteiger partial charge in [0.15, 0.2) is 0 Å². The third-order valence-corrected chi connectivity index (χ3v) is 3.31. The maximum absolute atomic E-state index is 9.52. The van der Waals surface area contributed by atoms with E-state index in [4.69, 9.17) is 5.26 Å². The van der Waals surface area contributed by atoms with Gasteiger partial charge in [-0.25, -0.2) is 0 Å². The summed E-state index contributed by atoms with van der Waals surface area (Å²) in [4.78, 5) is 0. The van der Waals surface area contributed by atoms with Crippen molar-refractivity contribution >= 4 is 0 Å². The molecule has 0 saturated heterocycles. The Bertz CT molecular complexity index is 705. The molecule has 2 rings (SSSR count). The molecule has 2 aromatic rings. The summed E-state index contributed by atoms with van der Waals surface area (Å²) < 4.78 is 0. The molecule has 0 radical (unpaired) electrons. The summed E-state index contributed by atoms with van der Waals surface area (Å²) in [7, 11) is 0. The molecule has 0 saturated carbocycles. The van der Waals surface area contributed by atoms with Crippen LogP contribution in [0.15, 0.2) is 42.5 Å². The summed E-state index contributed by atoms with van der Waals surface area (Å²) in [5.41, 5.74) is 4.19. The van der Waals surface area contributed by atoms with Gasteiger partial charge in [-0.1, -0.05) is 51.1 Å². The lowest BCUT2D eigenvalue weighted by Crippen LogP contribution is -2.13. The first kappa shape index (κ1) is 13.8. The maximum Gasteiger partial charge on any atom is 0.100 e. The van der Waals surface area contributed by atoms with Crippen LogP contribution in [0.3, 0.4) is 0 Å². The van der Waals surface area contributed by atoms with E-state index < -0.39 is 0 Å². The second-order valence-electron chi connectivity index (χ2n) is 5.78. The fourth-order valence-electron chi connectivity index (χ4n) is 2.26. The van der Waals surface area contributed by atoms with Gasteiger partial charge in [-0.3, -0.25) is 0 Å². The first-order valence-electron chi connectivity index (χ1n) is 6.51. The van der Waals surface area contributed by atoms with Crippen LogP contribution in [0.4, 0.5) is 0 Å². The Morgan fingerprint density at radius 3 is 2.00 bits per heavy atom. The van der Waals surface area contributed by atoms with Crippen molar-refractivity contribution in [3.63, 3.8) is 0 Å². The minimum absolute atomic E-state index is 0.0757. The Hall–Kier alpha value is -2.58. The van der Waals surface area contributed by atoms with Gasteiger partial charge in [-0.15, -0.1) is 0 Å². The minimum atomic E-state index is -0.0757. The van der Waals surface area contributed by atoms with Crippen molar-refractivity contribution in [2.45, 2.75) is 26.2 Å². The van der Waals surface area contributed by atoms with Crippen LogP contribution in [0.2, 0.25) is 0 Å². The van der Waals surface area contributed by atoms with Gasteiger partial charge in [0.25, 0.3) is 0 Å². The maximum atomic E-state index is 9.52. The van der Waals surface area contributed by atoms with Crippen LogP contribution < -0.4 is 0 Å². The first-order chi connectivity index (χ1) is 9.47. The zero-order valence-corrected chi connectivity index (χ0v) is 11.9.